The van der Waals surface area contributed by atoms with E-state index in [1.807, 2.05) is 13.8 Å². The van der Waals surface area contributed by atoms with Crippen LogP contribution in [0.3, 0.4) is 0 Å². The van der Waals surface area contributed by atoms with Gasteiger partial charge in [0.2, 0.25) is 5.91 Å². The van der Waals surface area contributed by atoms with Gasteiger partial charge in [0, 0.05) is 24.5 Å². The van der Waals surface area contributed by atoms with E-state index in [0.717, 1.165) is 12.8 Å². The van der Waals surface area contributed by atoms with E-state index in [1.54, 1.807) is 23.9 Å². The fourth-order valence-electron chi connectivity index (χ4n) is 1.84. The van der Waals surface area contributed by atoms with Crippen molar-refractivity contribution < 1.29 is 4.79 Å². The number of rotatable bonds is 5. The van der Waals surface area contributed by atoms with Crippen LogP contribution in [0.1, 0.15) is 39.7 Å². The second-order valence-corrected chi connectivity index (χ2v) is 5.25. The molecule has 1 aliphatic carbocycles. The van der Waals surface area contributed by atoms with Crippen molar-refractivity contribution in [2.24, 2.45) is 0 Å². The Morgan fingerprint density at radius 2 is 2.11 bits per heavy atom. The highest BCUT2D eigenvalue weighted by Gasteiger charge is 2.25. The van der Waals surface area contributed by atoms with Crippen LogP contribution in [0.5, 0.6) is 0 Å². The molecule has 1 heterocycles. The van der Waals surface area contributed by atoms with Crippen LogP contribution in [0.25, 0.3) is 0 Å². The zero-order valence-electron chi connectivity index (χ0n) is 11.5. The third kappa shape index (κ3) is 3.33. The van der Waals surface area contributed by atoms with Gasteiger partial charge in [0.1, 0.15) is 6.04 Å². The molecule has 0 radical (unpaired) electrons. The molecule has 0 spiro atoms. The van der Waals surface area contributed by atoms with Crippen LogP contribution in [0.4, 0.5) is 5.82 Å². The van der Waals surface area contributed by atoms with Crippen LogP contribution in [0, 0.1) is 0 Å². The van der Waals surface area contributed by atoms with E-state index >= 15 is 0 Å². The Bertz CT molecular complexity index is 520. The monoisotopic (exact) mass is 264 g/mol. The zero-order chi connectivity index (χ0) is 14.0. The number of anilines is 1. The predicted molar refractivity (Wildman–Crippen MR) is 73.1 cm³/mol. The second-order valence-electron chi connectivity index (χ2n) is 5.25. The average Bonchev–Trinajstić information content (AvgIpc) is 3.15. The number of hydrogen-bond donors (Lipinski definition) is 2. The first-order valence-electron chi connectivity index (χ1n) is 6.63. The molecule has 2 rings (SSSR count). The summed E-state index contributed by atoms with van der Waals surface area (Å²) in [6.45, 7) is 5.50. The molecule has 1 saturated carbocycles. The number of hydrogen-bond acceptors (Lipinski definition) is 4. The largest absolute Gasteiger partial charge is 0.354 e. The minimum absolute atomic E-state index is 0.0728. The topological polar surface area (TPSA) is 76.0 Å². The molecule has 6 heteroatoms. The lowest BCUT2D eigenvalue weighted by Gasteiger charge is -2.16. The predicted octanol–water partition coefficient (Wildman–Crippen LogP) is 0.903. The molecule has 6 nitrogen and oxygen atoms in total. The van der Waals surface area contributed by atoms with E-state index in [2.05, 4.69) is 15.6 Å². The van der Waals surface area contributed by atoms with Gasteiger partial charge in [-0.3, -0.25) is 9.59 Å². The smallest absolute Gasteiger partial charge is 0.293 e. The molecule has 1 aliphatic rings. The lowest BCUT2D eigenvalue weighted by Crippen LogP contribution is -2.42. The van der Waals surface area contributed by atoms with Crippen molar-refractivity contribution in [3.8, 4) is 0 Å². The van der Waals surface area contributed by atoms with Crippen molar-refractivity contribution >= 4 is 11.7 Å². The van der Waals surface area contributed by atoms with Crippen LogP contribution in [-0.4, -0.2) is 27.5 Å². The van der Waals surface area contributed by atoms with E-state index in [1.165, 1.54) is 0 Å². The molecule has 104 valence electrons. The van der Waals surface area contributed by atoms with Gasteiger partial charge in [-0.05, 0) is 33.6 Å². The summed E-state index contributed by atoms with van der Waals surface area (Å²) in [5, 5.41) is 5.68. The van der Waals surface area contributed by atoms with E-state index in [0.29, 0.717) is 6.04 Å². The summed E-state index contributed by atoms with van der Waals surface area (Å²) < 4.78 is 1.68. The van der Waals surface area contributed by atoms with Gasteiger partial charge in [-0.1, -0.05) is 0 Å². The molecular formula is C13H20N4O2. The summed E-state index contributed by atoms with van der Waals surface area (Å²) in [5.74, 6) is 0.0961. The summed E-state index contributed by atoms with van der Waals surface area (Å²) >= 11 is 0. The molecule has 1 atom stereocenters. The lowest BCUT2D eigenvalue weighted by molar-refractivity contribution is -0.122. The van der Waals surface area contributed by atoms with Crippen LogP contribution in [-0.2, 0) is 4.79 Å². The molecule has 2 N–H and O–H groups in total. The molecule has 1 unspecified atom stereocenters. The number of amides is 1. The summed E-state index contributed by atoms with van der Waals surface area (Å²) in [7, 11) is 0. The van der Waals surface area contributed by atoms with Crippen molar-refractivity contribution in [3.63, 3.8) is 0 Å². The molecule has 0 aliphatic heterocycles. The van der Waals surface area contributed by atoms with E-state index in [4.69, 9.17) is 0 Å². The average molecular weight is 264 g/mol. The standard InChI is InChI=1S/C13H20N4O2/c1-8(2)15-12(18)9(3)16-11-13(19)17(7-6-14-11)10-4-5-10/h6-10H,4-5H2,1-3H3,(H,14,16)(H,15,18). The Hall–Kier alpha value is -1.85. The first-order valence-corrected chi connectivity index (χ1v) is 6.63. The Labute approximate surface area is 112 Å². The van der Waals surface area contributed by atoms with Gasteiger partial charge in [0.05, 0.1) is 0 Å². The van der Waals surface area contributed by atoms with Crippen molar-refractivity contribution in [2.75, 3.05) is 5.32 Å². The van der Waals surface area contributed by atoms with Gasteiger partial charge >= 0.3 is 0 Å². The van der Waals surface area contributed by atoms with Crippen LogP contribution in [0.2, 0.25) is 0 Å². The second kappa shape index (κ2) is 5.42. The third-order valence-electron chi connectivity index (χ3n) is 2.99. The van der Waals surface area contributed by atoms with Crippen molar-refractivity contribution in [2.45, 2.75) is 51.7 Å². The van der Waals surface area contributed by atoms with Gasteiger partial charge in [-0.15, -0.1) is 0 Å². The fourth-order valence-corrected chi connectivity index (χ4v) is 1.84. The quantitative estimate of drug-likeness (QED) is 0.828. The van der Waals surface area contributed by atoms with E-state index in [9.17, 15) is 9.59 Å². The number of carbonyl (C=O) groups excluding carboxylic acids is 1. The molecule has 1 fully saturated rings. The molecule has 1 aromatic rings. The number of nitrogens with one attached hydrogen (secondary N) is 2. The Balaban J connectivity index is 2.08. The SMILES string of the molecule is CC(C)NC(=O)C(C)Nc1nccn(C2CC2)c1=O. The molecule has 1 aromatic heterocycles. The molecule has 0 bridgehead atoms. The molecule has 0 aromatic carbocycles. The first kappa shape index (κ1) is 13.6. The van der Waals surface area contributed by atoms with Gasteiger partial charge in [0.15, 0.2) is 5.82 Å². The fraction of sp³-hybridized carbons (Fsp3) is 0.615. The highest BCUT2D eigenvalue weighted by atomic mass is 16.2. The highest BCUT2D eigenvalue weighted by molar-refractivity contribution is 5.84. The summed E-state index contributed by atoms with van der Waals surface area (Å²) in [6, 6.07) is -0.114. The summed E-state index contributed by atoms with van der Waals surface area (Å²) in [4.78, 5) is 28.0. The van der Waals surface area contributed by atoms with Crippen molar-refractivity contribution in [1.29, 1.82) is 0 Å². The van der Waals surface area contributed by atoms with Crippen molar-refractivity contribution in [3.05, 3.63) is 22.7 Å². The third-order valence-corrected chi connectivity index (χ3v) is 2.99. The molecular weight excluding hydrogens is 244 g/mol. The maximum absolute atomic E-state index is 12.1. The van der Waals surface area contributed by atoms with Gasteiger partial charge in [-0.25, -0.2) is 4.98 Å². The Morgan fingerprint density at radius 3 is 2.68 bits per heavy atom. The zero-order valence-corrected chi connectivity index (χ0v) is 11.5. The Kier molecular flexibility index (Phi) is 3.87. The maximum atomic E-state index is 12.1. The minimum atomic E-state index is -0.488. The Morgan fingerprint density at radius 1 is 1.42 bits per heavy atom. The lowest BCUT2D eigenvalue weighted by atomic mass is 10.3. The number of aromatic nitrogens is 2. The highest BCUT2D eigenvalue weighted by Crippen LogP contribution is 2.33. The van der Waals surface area contributed by atoms with Gasteiger partial charge < -0.3 is 15.2 Å². The summed E-state index contributed by atoms with van der Waals surface area (Å²) in [5.41, 5.74) is -0.158. The maximum Gasteiger partial charge on any atom is 0.293 e. The van der Waals surface area contributed by atoms with Gasteiger partial charge in [-0.2, -0.15) is 0 Å². The van der Waals surface area contributed by atoms with E-state index in [-0.39, 0.29) is 23.3 Å². The van der Waals surface area contributed by atoms with Crippen LogP contribution >= 0.6 is 0 Å². The molecule has 19 heavy (non-hydrogen) atoms. The van der Waals surface area contributed by atoms with Crippen molar-refractivity contribution in [1.82, 2.24) is 14.9 Å². The summed E-state index contributed by atoms with van der Waals surface area (Å²) in [6.07, 6.45) is 5.36. The number of carbonyl (C=O) groups is 1. The van der Waals surface area contributed by atoms with Crippen LogP contribution in [0.15, 0.2) is 17.2 Å². The molecule has 1 amide bonds. The normalized spacial score (nSPS) is 16.2. The van der Waals surface area contributed by atoms with Gasteiger partial charge in [0.25, 0.3) is 5.56 Å². The van der Waals surface area contributed by atoms with E-state index < -0.39 is 6.04 Å². The molecule has 0 saturated heterocycles. The first-order chi connectivity index (χ1) is 8.99. The minimum Gasteiger partial charge on any atom is -0.354 e. The number of nitrogens with zero attached hydrogens (tertiary/aromatic N) is 2. The van der Waals surface area contributed by atoms with Crippen LogP contribution < -0.4 is 16.2 Å².